The van der Waals surface area contributed by atoms with Crippen molar-refractivity contribution in [3.63, 3.8) is 0 Å². The summed E-state index contributed by atoms with van der Waals surface area (Å²) in [7, 11) is -3.88. The van der Waals surface area contributed by atoms with E-state index in [0.717, 1.165) is 11.1 Å². The SMILES string of the molecule is Cc1ccc(C)c(NS(=O)(=O)c2cc(C(=O)NC[C@H]3COc4ccccc4O3)ccc2C)c1. The molecule has 7 nitrogen and oxygen atoms in total. The average molecular weight is 467 g/mol. The van der Waals surface area contributed by atoms with Crippen LogP contribution >= 0.6 is 0 Å². The van der Waals surface area contributed by atoms with E-state index in [4.69, 9.17) is 9.47 Å². The van der Waals surface area contributed by atoms with E-state index in [1.807, 2.05) is 50.2 Å². The Labute approximate surface area is 193 Å². The van der Waals surface area contributed by atoms with E-state index in [0.29, 0.717) is 29.4 Å². The lowest BCUT2D eigenvalue weighted by Crippen LogP contribution is -2.40. The van der Waals surface area contributed by atoms with E-state index in [9.17, 15) is 13.2 Å². The molecule has 0 unspecified atom stereocenters. The summed E-state index contributed by atoms with van der Waals surface area (Å²) in [6, 6.07) is 17.5. The number of sulfonamides is 1. The van der Waals surface area contributed by atoms with Gasteiger partial charge in [-0.1, -0.05) is 30.3 Å². The Morgan fingerprint density at radius 1 is 0.970 bits per heavy atom. The minimum Gasteiger partial charge on any atom is -0.486 e. The van der Waals surface area contributed by atoms with Crippen LogP contribution in [0.15, 0.2) is 65.6 Å². The molecule has 0 spiro atoms. The van der Waals surface area contributed by atoms with E-state index in [1.165, 1.54) is 6.07 Å². The topological polar surface area (TPSA) is 93.7 Å². The highest BCUT2D eigenvalue weighted by atomic mass is 32.2. The number of hydrogen-bond donors (Lipinski definition) is 2. The van der Waals surface area contributed by atoms with E-state index in [2.05, 4.69) is 10.0 Å². The summed E-state index contributed by atoms with van der Waals surface area (Å²) in [6.45, 7) is 5.97. The van der Waals surface area contributed by atoms with Crippen molar-refractivity contribution in [2.24, 2.45) is 0 Å². The number of fused-ring (bicyclic) bond motifs is 1. The Morgan fingerprint density at radius 2 is 1.70 bits per heavy atom. The third-order valence-corrected chi connectivity index (χ3v) is 6.94. The molecule has 0 fully saturated rings. The summed E-state index contributed by atoms with van der Waals surface area (Å²) < 4.78 is 40.4. The third kappa shape index (κ3) is 5.12. The Morgan fingerprint density at radius 3 is 2.48 bits per heavy atom. The lowest BCUT2D eigenvalue weighted by atomic mass is 10.1. The Kier molecular flexibility index (Phi) is 6.29. The molecule has 0 saturated carbocycles. The van der Waals surface area contributed by atoms with Crippen molar-refractivity contribution < 1.29 is 22.7 Å². The van der Waals surface area contributed by atoms with Crippen LogP contribution in [0.25, 0.3) is 0 Å². The molecule has 0 aromatic heterocycles. The van der Waals surface area contributed by atoms with Crippen LogP contribution in [0.1, 0.15) is 27.0 Å². The van der Waals surface area contributed by atoms with Gasteiger partial charge in [-0.3, -0.25) is 9.52 Å². The average Bonchev–Trinajstić information content (AvgIpc) is 2.79. The number of carbonyl (C=O) groups is 1. The number of benzene rings is 3. The van der Waals surface area contributed by atoms with Gasteiger partial charge in [0.1, 0.15) is 12.7 Å². The van der Waals surface area contributed by atoms with Gasteiger partial charge in [-0.15, -0.1) is 0 Å². The maximum absolute atomic E-state index is 13.1. The lowest BCUT2D eigenvalue weighted by molar-refractivity contribution is 0.0789. The first kappa shape index (κ1) is 22.7. The third-order valence-electron chi connectivity index (χ3n) is 5.44. The van der Waals surface area contributed by atoms with Gasteiger partial charge in [0.2, 0.25) is 0 Å². The smallest absolute Gasteiger partial charge is 0.262 e. The summed E-state index contributed by atoms with van der Waals surface area (Å²) in [5.74, 6) is 0.912. The van der Waals surface area contributed by atoms with Gasteiger partial charge in [0.25, 0.3) is 15.9 Å². The molecule has 2 N–H and O–H groups in total. The second-order valence-electron chi connectivity index (χ2n) is 8.11. The molecule has 3 aromatic rings. The first-order valence-corrected chi connectivity index (χ1v) is 12.1. The molecule has 1 aliphatic heterocycles. The lowest BCUT2D eigenvalue weighted by Gasteiger charge is -2.26. The minimum absolute atomic E-state index is 0.0576. The molecular weight excluding hydrogens is 440 g/mol. The van der Waals surface area contributed by atoms with Gasteiger partial charge >= 0.3 is 0 Å². The van der Waals surface area contributed by atoms with Gasteiger partial charge in [0.15, 0.2) is 11.5 Å². The highest BCUT2D eigenvalue weighted by molar-refractivity contribution is 7.92. The largest absolute Gasteiger partial charge is 0.486 e. The number of nitrogens with one attached hydrogen (secondary N) is 2. The van der Waals surface area contributed by atoms with Gasteiger partial charge < -0.3 is 14.8 Å². The summed E-state index contributed by atoms with van der Waals surface area (Å²) in [4.78, 5) is 12.8. The standard InChI is InChI=1S/C25H26N2O5S/c1-16-8-9-17(2)21(12-16)27-33(29,30)24-13-19(11-10-18(24)3)25(28)26-14-20-15-31-22-6-4-5-7-23(22)32-20/h4-13,20,27H,14-15H2,1-3H3,(H,26,28)/t20-/m0/s1. The van der Waals surface area contributed by atoms with E-state index >= 15 is 0 Å². The number of carbonyl (C=O) groups excluding carboxylic acids is 1. The van der Waals surface area contributed by atoms with E-state index in [-0.39, 0.29) is 29.0 Å². The predicted octanol–water partition coefficient (Wildman–Crippen LogP) is 3.98. The predicted molar refractivity (Wildman–Crippen MR) is 127 cm³/mol. The van der Waals surface area contributed by atoms with Crippen LogP contribution < -0.4 is 19.5 Å². The van der Waals surface area contributed by atoms with Crippen molar-refractivity contribution in [1.82, 2.24) is 5.32 Å². The van der Waals surface area contributed by atoms with Crippen LogP contribution in [0, 0.1) is 20.8 Å². The van der Waals surface area contributed by atoms with Gasteiger partial charge in [0, 0.05) is 5.56 Å². The maximum atomic E-state index is 13.1. The van der Waals surface area contributed by atoms with Crippen LogP contribution in [0.3, 0.4) is 0 Å². The molecule has 33 heavy (non-hydrogen) atoms. The van der Waals surface area contributed by atoms with Crippen LogP contribution in [-0.2, 0) is 10.0 Å². The fourth-order valence-corrected chi connectivity index (χ4v) is 4.94. The van der Waals surface area contributed by atoms with Crippen LogP contribution in [-0.4, -0.2) is 33.6 Å². The molecule has 1 amide bonds. The molecule has 4 rings (SSSR count). The van der Waals surface area contributed by atoms with Crippen LogP contribution in [0.4, 0.5) is 5.69 Å². The minimum atomic E-state index is -3.88. The quantitative estimate of drug-likeness (QED) is 0.573. The van der Waals surface area contributed by atoms with Gasteiger partial charge in [-0.05, 0) is 67.8 Å². The highest BCUT2D eigenvalue weighted by Crippen LogP contribution is 2.30. The Balaban J connectivity index is 1.47. The molecule has 1 atom stereocenters. The van der Waals surface area contributed by atoms with Crippen molar-refractivity contribution in [2.45, 2.75) is 31.8 Å². The van der Waals surface area contributed by atoms with E-state index in [1.54, 1.807) is 25.1 Å². The zero-order valence-corrected chi connectivity index (χ0v) is 19.5. The molecule has 0 radical (unpaired) electrons. The van der Waals surface area contributed by atoms with Crippen molar-refractivity contribution >= 4 is 21.6 Å². The fourth-order valence-electron chi connectivity index (χ4n) is 3.55. The summed E-state index contributed by atoms with van der Waals surface area (Å²) in [5, 5.41) is 2.80. The summed E-state index contributed by atoms with van der Waals surface area (Å²) >= 11 is 0. The molecule has 1 aliphatic rings. The van der Waals surface area contributed by atoms with Crippen molar-refractivity contribution in [2.75, 3.05) is 17.9 Å². The molecule has 0 aliphatic carbocycles. The molecule has 1 heterocycles. The zero-order chi connectivity index (χ0) is 23.6. The molecule has 172 valence electrons. The first-order valence-electron chi connectivity index (χ1n) is 10.6. The highest BCUT2D eigenvalue weighted by Gasteiger charge is 2.23. The Bertz CT molecular complexity index is 1300. The molecule has 0 saturated heterocycles. The number of ether oxygens (including phenoxy) is 2. The van der Waals surface area contributed by atoms with Crippen LogP contribution in [0.5, 0.6) is 11.5 Å². The number of aryl methyl sites for hydroxylation is 3. The normalized spacial score (nSPS) is 15.1. The number of hydrogen-bond acceptors (Lipinski definition) is 5. The number of para-hydroxylation sites is 2. The zero-order valence-electron chi connectivity index (χ0n) is 18.7. The molecule has 8 heteroatoms. The van der Waals surface area contributed by atoms with E-state index < -0.39 is 10.0 Å². The summed E-state index contributed by atoms with van der Waals surface area (Å²) in [6.07, 6.45) is -0.344. The van der Waals surface area contributed by atoms with Gasteiger partial charge in [-0.25, -0.2) is 8.42 Å². The molecule has 0 bridgehead atoms. The maximum Gasteiger partial charge on any atom is 0.262 e. The van der Waals surface area contributed by atoms with Crippen molar-refractivity contribution in [1.29, 1.82) is 0 Å². The van der Waals surface area contributed by atoms with Crippen molar-refractivity contribution in [3.8, 4) is 11.5 Å². The second kappa shape index (κ2) is 9.15. The number of anilines is 1. The Hall–Kier alpha value is -3.52. The second-order valence-corrected chi connectivity index (χ2v) is 9.76. The van der Waals surface area contributed by atoms with Crippen molar-refractivity contribution in [3.05, 3.63) is 82.9 Å². The number of rotatable bonds is 6. The van der Waals surface area contributed by atoms with Gasteiger partial charge in [-0.2, -0.15) is 0 Å². The van der Waals surface area contributed by atoms with Gasteiger partial charge in [0.05, 0.1) is 17.1 Å². The fraction of sp³-hybridized carbons (Fsp3) is 0.240. The summed E-state index contributed by atoms with van der Waals surface area (Å²) in [5.41, 5.74) is 3.06. The molecular formula is C25H26N2O5S. The first-order chi connectivity index (χ1) is 15.7. The van der Waals surface area contributed by atoms with Crippen LogP contribution in [0.2, 0.25) is 0 Å². The molecule has 3 aromatic carbocycles. The number of amides is 1. The monoisotopic (exact) mass is 466 g/mol.